The van der Waals surface area contributed by atoms with Gasteiger partial charge in [0, 0.05) is 25.2 Å². The fourth-order valence-corrected chi connectivity index (χ4v) is 4.09. The summed E-state index contributed by atoms with van der Waals surface area (Å²) in [6, 6.07) is 6.65. The second-order valence-electron chi connectivity index (χ2n) is 7.77. The number of imidazole rings is 1. The Bertz CT molecular complexity index is 1450. The maximum absolute atomic E-state index is 14.3. The highest BCUT2D eigenvalue weighted by Gasteiger charge is 2.31. The predicted molar refractivity (Wildman–Crippen MR) is 111 cm³/mol. The Labute approximate surface area is 182 Å². The molecule has 3 aromatic heterocycles. The second-order valence-corrected chi connectivity index (χ2v) is 7.77. The molecule has 0 bridgehead atoms. The lowest BCUT2D eigenvalue weighted by Gasteiger charge is -2.20. The van der Waals surface area contributed by atoms with Gasteiger partial charge in [0.05, 0.1) is 23.0 Å². The molecule has 1 aliphatic heterocycles. The summed E-state index contributed by atoms with van der Waals surface area (Å²) < 4.78 is 53.9. The molecule has 4 heterocycles. The number of benzene rings is 1. The highest BCUT2D eigenvalue weighted by atomic mass is 19.4. The van der Waals surface area contributed by atoms with Crippen molar-refractivity contribution < 1.29 is 17.6 Å². The molecule has 0 amide bonds. The van der Waals surface area contributed by atoms with E-state index in [-0.39, 0.29) is 22.8 Å². The van der Waals surface area contributed by atoms with Crippen LogP contribution in [0.15, 0.2) is 52.3 Å². The van der Waals surface area contributed by atoms with Gasteiger partial charge in [-0.1, -0.05) is 12.1 Å². The van der Waals surface area contributed by atoms with Gasteiger partial charge in [0.1, 0.15) is 5.69 Å². The largest absolute Gasteiger partial charge is 0.416 e. The van der Waals surface area contributed by atoms with Crippen LogP contribution >= 0.6 is 0 Å². The van der Waals surface area contributed by atoms with Crippen molar-refractivity contribution in [3.63, 3.8) is 0 Å². The van der Waals surface area contributed by atoms with Gasteiger partial charge in [0.2, 0.25) is 5.95 Å². The van der Waals surface area contributed by atoms with E-state index in [1.54, 1.807) is 6.07 Å². The predicted octanol–water partition coefficient (Wildman–Crippen LogP) is 2.92. The van der Waals surface area contributed by atoms with E-state index in [9.17, 15) is 27.2 Å². The van der Waals surface area contributed by atoms with Gasteiger partial charge in [-0.05, 0) is 30.2 Å². The van der Waals surface area contributed by atoms with Crippen LogP contribution < -0.4 is 16.1 Å². The third-order valence-corrected chi connectivity index (χ3v) is 5.74. The van der Waals surface area contributed by atoms with Gasteiger partial charge in [0.15, 0.2) is 5.65 Å². The first kappa shape index (κ1) is 20.9. The summed E-state index contributed by atoms with van der Waals surface area (Å²) in [4.78, 5) is 34.1. The molecule has 1 aliphatic rings. The lowest BCUT2D eigenvalue weighted by molar-refractivity contribution is -0.137. The maximum atomic E-state index is 14.3. The van der Waals surface area contributed by atoms with Gasteiger partial charge in [-0.15, -0.1) is 0 Å². The summed E-state index contributed by atoms with van der Waals surface area (Å²) in [5, 5.41) is 4.14. The lowest BCUT2D eigenvalue weighted by Crippen LogP contribution is -2.24. The fourth-order valence-electron chi connectivity index (χ4n) is 4.09. The standard InChI is InChI=1S/C21H16F4N6O2/c22-17-9-26-18-16(7-15(29-31(17)18)14-8-27-20(33)28-19(14)32)30-6-5-12(10-30)11-1-3-13(4-2-11)21(23,24)25/h1-4,7-9,12H,5-6,10H2,(H2,27,28,32,33). The number of rotatable bonds is 3. The van der Waals surface area contributed by atoms with E-state index in [2.05, 4.69) is 20.1 Å². The van der Waals surface area contributed by atoms with Gasteiger partial charge < -0.3 is 9.88 Å². The first-order valence-corrected chi connectivity index (χ1v) is 9.99. The van der Waals surface area contributed by atoms with Crippen LogP contribution in [0.4, 0.5) is 23.2 Å². The number of nitrogens with one attached hydrogen (secondary N) is 2. The first-order chi connectivity index (χ1) is 15.7. The molecule has 4 aromatic rings. The van der Waals surface area contributed by atoms with Crippen LogP contribution in [0.3, 0.4) is 0 Å². The number of anilines is 1. The van der Waals surface area contributed by atoms with E-state index in [0.717, 1.165) is 28.4 Å². The Hall–Kier alpha value is -3.96. The Morgan fingerprint density at radius 2 is 1.88 bits per heavy atom. The molecule has 0 radical (unpaired) electrons. The SMILES string of the molecule is O=c1[nH]cc(-c2cc(N3CCC(c4ccc(C(F)(F)F)cc4)C3)c3ncc(F)n3n2)c(=O)[nH]1. The van der Waals surface area contributed by atoms with Crippen molar-refractivity contribution in [1.82, 2.24) is 24.6 Å². The number of H-pyrrole nitrogens is 2. The Morgan fingerprint density at radius 3 is 2.58 bits per heavy atom. The van der Waals surface area contributed by atoms with E-state index in [1.165, 1.54) is 18.3 Å². The van der Waals surface area contributed by atoms with E-state index < -0.39 is 28.9 Å². The molecule has 1 atom stereocenters. The molecule has 1 aromatic carbocycles. The van der Waals surface area contributed by atoms with Crippen LogP contribution in [0, 0.1) is 5.95 Å². The monoisotopic (exact) mass is 460 g/mol. The molecule has 8 nitrogen and oxygen atoms in total. The molecular formula is C21H16F4N6O2. The zero-order chi connectivity index (χ0) is 23.3. The quantitative estimate of drug-likeness (QED) is 0.458. The van der Waals surface area contributed by atoms with Crippen LogP contribution in [0.5, 0.6) is 0 Å². The van der Waals surface area contributed by atoms with Gasteiger partial charge in [0.25, 0.3) is 5.56 Å². The van der Waals surface area contributed by atoms with Crippen molar-refractivity contribution in [2.24, 2.45) is 0 Å². The minimum Gasteiger partial charge on any atom is -0.368 e. The van der Waals surface area contributed by atoms with E-state index in [0.29, 0.717) is 25.2 Å². The molecular weight excluding hydrogens is 444 g/mol. The lowest BCUT2D eigenvalue weighted by atomic mass is 9.97. The molecule has 2 N–H and O–H groups in total. The Kier molecular flexibility index (Phi) is 4.80. The summed E-state index contributed by atoms with van der Waals surface area (Å²) in [7, 11) is 0. The molecule has 12 heteroatoms. The highest BCUT2D eigenvalue weighted by molar-refractivity contribution is 5.74. The number of halogens is 4. The van der Waals surface area contributed by atoms with Gasteiger partial charge in [-0.3, -0.25) is 9.78 Å². The summed E-state index contributed by atoms with van der Waals surface area (Å²) in [5.41, 5.74) is -0.370. The van der Waals surface area contributed by atoms with Crippen LogP contribution in [0.25, 0.3) is 16.9 Å². The maximum Gasteiger partial charge on any atom is 0.416 e. The van der Waals surface area contributed by atoms with E-state index in [4.69, 9.17) is 0 Å². The van der Waals surface area contributed by atoms with Crippen LogP contribution in [-0.4, -0.2) is 37.7 Å². The average molecular weight is 460 g/mol. The molecule has 5 rings (SSSR count). The van der Waals surface area contributed by atoms with Crippen LogP contribution in [0.1, 0.15) is 23.5 Å². The smallest absolute Gasteiger partial charge is 0.368 e. The topological polar surface area (TPSA) is 99.2 Å². The number of fused-ring (bicyclic) bond motifs is 1. The van der Waals surface area contributed by atoms with Crippen molar-refractivity contribution in [3.05, 3.63) is 80.6 Å². The fraction of sp³-hybridized carbons (Fsp3) is 0.238. The van der Waals surface area contributed by atoms with Crippen LogP contribution in [0.2, 0.25) is 0 Å². The molecule has 1 fully saturated rings. The molecule has 1 unspecified atom stereocenters. The zero-order valence-electron chi connectivity index (χ0n) is 16.9. The van der Waals surface area contributed by atoms with Gasteiger partial charge >= 0.3 is 11.9 Å². The number of alkyl halides is 3. The Morgan fingerprint density at radius 1 is 1.12 bits per heavy atom. The number of aromatic nitrogens is 5. The molecule has 0 saturated carbocycles. The first-order valence-electron chi connectivity index (χ1n) is 9.99. The number of hydrogen-bond acceptors (Lipinski definition) is 5. The number of hydrogen-bond donors (Lipinski definition) is 2. The number of nitrogens with zero attached hydrogens (tertiary/aromatic N) is 4. The van der Waals surface area contributed by atoms with Crippen molar-refractivity contribution in [2.45, 2.75) is 18.5 Å². The van der Waals surface area contributed by atoms with E-state index in [1.807, 2.05) is 4.90 Å². The van der Waals surface area contributed by atoms with Crippen molar-refractivity contribution >= 4 is 11.3 Å². The molecule has 170 valence electrons. The molecule has 1 saturated heterocycles. The third-order valence-electron chi connectivity index (χ3n) is 5.74. The van der Waals surface area contributed by atoms with Crippen LogP contribution in [-0.2, 0) is 6.18 Å². The minimum absolute atomic E-state index is 0.0414. The zero-order valence-corrected chi connectivity index (χ0v) is 16.9. The second kappa shape index (κ2) is 7.57. The summed E-state index contributed by atoms with van der Waals surface area (Å²) in [6.07, 6.45) is -1.53. The highest BCUT2D eigenvalue weighted by Crippen LogP contribution is 2.35. The third kappa shape index (κ3) is 3.77. The molecule has 33 heavy (non-hydrogen) atoms. The molecule has 0 spiro atoms. The van der Waals surface area contributed by atoms with E-state index >= 15 is 0 Å². The molecule has 0 aliphatic carbocycles. The van der Waals surface area contributed by atoms with Crippen molar-refractivity contribution in [1.29, 1.82) is 0 Å². The minimum atomic E-state index is -4.40. The summed E-state index contributed by atoms with van der Waals surface area (Å²) >= 11 is 0. The summed E-state index contributed by atoms with van der Waals surface area (Å²) in [5.74, 6) is -0.771. The summed E-state index contributed by atoms with van der Waals surface area (Å²) in [6.45, 7) is 1.00. The average Bonchev–Trinajstić information content (AvgIpc) is 3.40. The van der Waals surface area contributed by atoms with Crippen molar-refractivity contribution in [3.8, 4) is 11.3 Å². The normalized spacial score (nSPS) is 16.6. The van der Waals surface area contributed by atoms with Gasteiger partial charge in [-0.25, -0.2) is 9.78 Å². The van der Waals surface area contributed by atoms with Crippen molar-refractivity contribution in [2.75, 3.05) is 18.0 Å². The van der Waals surface area contributed by atoms with Gasteiger partial charge in [-0.2, -0.15) is 27.2 Å². The Balaban J connectivity index is 1.51. The number of aromatic amines is 2.